The van der Waals surface area contributed by atoms with E-state index >= 15 is 0 Å². The molecular weight excluding hydrogens is 378 g/mol. The molecule has 0 bridgehead atoms. The quantitative estimate of drug-likeness (QED) is 0.722. The van der Waals surface area contributed by atoms with Gasteiger partial charge in [-0.05, 0) is 33.3 Å². The van der Waals surface area contributed by atoms with Crippen LogP contribution in [0, 0.1) is 6.92 Å². The lowest BCUT2D eigenvalue weighted by Gasteiger charge is -2.34. The molecule has 0 saturated carbocycles. The topological polar surface area (TPSA) is 80.1 Å². The maximum absolute atomic E-state index is 13.6. The predicted molar refractivity (Wildman–Crippen MR) is 116 cm³/mol. The number of piperazine rings is 1. The first-order valence-electron chi connectivity index (χ1n) is 10.4. The molecule has 156 valence electrons. The van der Waals surface area contributed by atoms with E-state index in [9.17, 15) is 9.59 Å². The SMILES string of the molecule is CCC1C(=O)NCCN1C(=O)c1cc(-c2ccc(C)cc2)nc2c1cnn2C(C)C. The minimum Gasteiger partial charge on any atom is -0.353 e. The first-order chi connectivity index (χ1) is 14.4. The van der Waals surface area contributed by atoms with Crippen molar-refractivity contribution < 1.29 is 9.59 Å². The number of aryl methyl sites for hydroxylation is 1. The van der Waals surface area contributed by atoms with Gasteiger partial charge in [-0.25, -0.2) is 9.67 Å². The Morgan fingerprint density at radius 2 is 2.00 bits per heavy atom. The third-order valence-electron chi connectivity index (χ3n) is 5.61. The highest BCUT2D eigenvalue weighted by atomic mass is 16.2. The summed E-state index contributed by atoms with van der Waals surface area (Å²) in [4.78, 5) is 32.5. The summed E-state index contributed by atoms with van der Waals surface area (Å²) in [7, 11) is 0. The summed E-state index contributed by atoms with van der Waals surface area (Å²) in [6.45, 7) is 8.99. The molecule has 0 aliphatic carbocycles. The maximum Gasteiger partial charge on any atom is 0.255 e. The highest BCUT2D eigenvalue weighted by Crippen LogP contribution is 2.28. The van der Waals surface area contributed by atoms with E-state index in [2.05, 4.69) is 10.4 Å². The summed E-state index contributed by atoms with van der Waals surface area (Å²) in [5.74, 6) is -0.250. The van der Waals surface area contributed by atoms with E-state index in [4.69, 9.17) is 4.98 Å². The summed E-state index contributed by atoms with van der Waals surface area (Å²) in [5.41, 5.74) is 4.05. The fraction of sp³-hybridized carbons (Fsp3) is 0.391. The molecule has 1 aliphatic heterocycles. The zero-order valence-corrected chi connectivity index (χ0v) is 17.8. The van der Waals surface area contributed by atoms with Crippen molar-refractivity contribution >= 4 is 22.8 Å². The van der Waals surface area contributed by atoms with Gasteiger partial charge in [0, 0.05) is 24.7 Å². The molecule has 1 N–H and O–H groups in total. The van der Waals surface area contributed by atoms with Crippen LogP contribution in [0.4, 0.5) is 0 Å². The second-order valence-corrected chi connectivity index (χ2v) is 8.05. The summed E-state index contributed by atoms with van der Waals surface area (Å²) in [5, 5.41) is 8.06. The standard InChI is InChI=1S/C23H27N5O2/c1-5-20-22(29)24-10-11-27(20)23(30)17-12-19(16-8-6-15(4)7-9-16)26-21-18(17)13-25-28(21)14(2)3/h6-9,12-14,20H,5,10-11H2,1-4H3,(H,24,29). The van der Waals surface area contributed by atoms with E-state index in [-0.39, 0.29) is 17.9 Å². The molecule has 1 atom stereocenters. The number of carbonyl (C=O) groups is 2. The molecule has 1 unspecified atom stereocenters. The van der Waals surface area contributed by atoms with Crippen molar-refractivity contribution in [2.24, 2.45) is 0 Å². The molecule has 7 heteroatoms. The number of pyridine rings is 1. The summed E-state index contributed by atoms with van der Waals surface area (Å²) in [6, 6.07) is 9.57. The zero-order valence-electron chi connectivity index (χ0n) is 17.8. The van der Waals surface area contributed by atoms with Crippen molar-refractivity contribution in [1.29, 1.82) is 0 Å². The molecular formula is C23H27N5O2. The van der Waals surface area contributed by atoms with Crippen molar-refractivity contribution in [3.8, 4) is 11.3 Å². The molecule has 3 heterocycles. The minimum absolute atomic E-state index is 0.0981. The van der Waals surface area contributed by atoms with E-state index in [0.717, 1.165) is 16.8 Å². The lowest BCUT2D eigenvalue weighted by Crippen LogP contribution is -2.56. The third-order valence-corrected chi connectivity index (χ3v) is 5.61. The fourth-order valence-corrected chi connectivity index (χ4v) is 3.96. The average molecular weight is 406 g/mol. The largest absolute Gasteiger partial charge is 0.353 e. The third kappa shape index (κ3) is 3.44. The molecule has 2 aromatic heterocycles. The van der Waals surface area contributed by atoms with Crippen LogP contribution >= 0.6 is 0 Å². The molecule has 1 fully saturated rings. The van der Waals surface area contributed by atoms with Crippen LogP contribution in [0.5, 0.6) is 0 Å². The van der Waals surface area contributed by atoms with Crippen LogP contribution in [0.2, 0.25) is 0 Å². The Labute approximate surface area is 176 Å². The van der Waals surface area contributed by atoms with E-state index in [1.165, 1.54) is 0 Å². The van der Waals surface area contributed by atoms with Crippen molar-refractivity contribution in [1.82, 2.24) is 25.0 Å². The molecule has 1 saturated heterocycles. The molecule has 1 aromatic carbocycles. The first-order valence-corrected chi connectivity index (χ1v) is 10.4. The van der Waals surface area contributed by atoms with Crippen LogP contribution in [0.3, 0.4) is 0 Å². The van der Waals surface area contributed by atoms with Gasteiger partial charge < -0.3 is 10.2 Å². The smallest absolute Gasteiger partial charge is 0.255 e. The number of benzene rings is 1. The van der Waals surface area contributed by atoms with Crippen molar-refractivity contribution in [2.75, 3.05) is 13.1 Å². The number of rotatable bonds is 4. The van der Waals surface area contributed by atoms with Gasteiger partial charge in [-0.2, -0.15) is 5.10 Å². The van der Waals surface area contributed by atoms with Gasteiger partial charge >= 0.3 is 0 Å². The molecule has 0 radical (unpaired) electrons. The number of carbonyl (C=O) groups excluding carboxylic acids is 2. The van der Waals surface area contributed by atoms with Crippen LogP contribution in [0.1, 0.15) is 49.2 Å². The number of nitrogens with one attached hydrogen (secondary N) is 1. The predicted octanol–water partition coefficient (Wildman–Crippen LogP) is 3.34. The molecule has 3 aromatic rings. The van der Waals surface area contributed by atoms with Crippen molar-refractivity contribution in [2.45, 2.75) is 46.2 Å². The Morgan fingerprint density at radius 1 is 1.27 bits per heavy atom. The molecule has 1 aliphatic rings. The summed E-state index contributed by atoms with van der Waals surface area (Å²) in [6.07, 6.45) is 2.28. The summed E-state index contributed by atoms with van der Waals surface area (Å²) >= 11 is 0. The van der Waals surface area contributed by atoms with E-state index in [1.807, 2.05) is 62.7 Å². The van der Waals surface area contributed by atoms with Crippen LogP contribution in [-0.4, -0.2) is 50.6 Å². The second-order valence-electron chi connectivity index (χ2n) is 8.05. The lowest BCUT2D eigenvalue weighted by atomic mass is 10.0. The number of nitrogens with zero attached hydrogens (tertiary/aromatic N) is 4. The number of hydrogen-bond donors (Lipinski definition) is 1. The molecule has 4 rings (SSSR count). The van der Waals surface area contributed by atoms with E-state index in [1.54, 1.807) is 11.1 Å². The Hall–Kier alpha value is -3.22. The monoisotopic (exact) mass is 405 g/mol. The van der Waals surface area contributed by atoms with E-state index in [0.29, 0.717) is 36.1 Å². The van der Waals surface area contributed by atoms with Gasteiger partial charge in [0.15, 0.2) is 5.65 Å². The van der Waals surface area contributed by atoms with Gasteiger partial charge in [-0.3, -0.25) is 9.59 Å². The minimum atomic E-state index is -0.461. The summed E-state index contributed by atoms with van der Waals surface area (Å²) < 4.78 is 1.84. The van der Waals surface area contributed by atoms with Crippen LogP contribution < -0.4 is 5.32 Å². The van der Waals surface area contributed by atoms with Crippen molar-refractivity contribution in [3.63, 3.8) is 0 Å². The van der Waals surface area contributed by atoms with Gasteiger partial charge in [0.1, 0.15) is 6.04 Å². The molecule has 7 nitrogen and oxygen atoms in total. The van der Waals surface area contributed by atoms with Gasteiger partial charge in [-0.1, -0.05) is 36.8 Å². The Bertz CT molecular complexity index is 1100. The number of hydrogen-bond acceptors (Lipinski definition) is 4. The average Bonchev–Trinajstić information content (AvgIpc) is 3.17. The fourth-order valence-electron chi connectivity index (χ4n) is 3.96. The van der Waals surface area contributed by atoms with Gasteiger partial charge in [-0.15, -0.1) is 0 Å². The normalized spacial score (nSPS) is 16.9. The molecule has 0 spiro atoms. The Morgan fingerprint density at radius 3 is 2.67 bits per heavy atom. The zero-order chi connectivity index (χ0) is 21.4. The second kappa shape index (κ2) is 7.89. The van der Waals surface area contributed by atoms with Crippen LogP contribution in [0.25, 0.3) is 22.3 Å². The molecule has 2 amide bonds. The van der Waals surface area contributed by atoms with E-state index < -0.39 is 6.04 Å². The maximum atomic E-state index is 13.6. The highest BCUT2D eigenvalue weighted by molar-refractivity contribution is 6.08. The lowest BCUT2D eigenvalue weighted by molar-refractivity contribution is -0.127. The van der Waals surface area contributed by atoms with Crippen LogP contribution in [-0.2, 0) is 4.79 Å². The Kier molecular flexibility index (Phi) is 5.28. The van der Waals surface area contributed by atoms with Gasteiger partial charge in [0.25, 0.3) is 5.91 Å². The number of fused-ring (bicyclic) bond motifs is 1. The van der Waals surface area contributed by atoms with Crippen molar-refractivity contribution in [3.05, 3.63) is 47.7 Å². The number of aromatic nitrogens is 3. The first kappa shape index (κ1) is 20.1. The Balaban J connectivity index is 1.88. The van der Waals surface area contributed by atoms with Gasteiger partial charge in [0.2, 0.25) is 5.91 Å². The number of amides is 2. The van der Waals surface area contributed by atoms with Crippen LogP contribution in [0.15, 0.2) is 36.5 Å². The highest BCUT2D eigenvalue weighted by Gasteiger charge is 2.33. The van der Waals surface area contributed by atoms with Gasteiger partial charge in [0.05, 0.1) is 22.8 Å². The molecule has 30 heavy (non-hydrogen) atoms.